The highest BCUT2D eigenvalue weighted by Crippen LogP contribution is 2.31. The Bertz CT molecular complexity index is 298. The van der Waals surface area contributed by atoms with Gasteiger partial charge in [0.25, 0.3) is 0 Å². The van der Waals surface area contributed by atoms with E-state index in [1.807, 2.05) is 13.1 Å². The summed E-state index contributed by atoms with van der Waals surface area (Å²) in [6.45, 7) is 2.94. The van der Waals surface area contributed by atoms with Crippen molar-refractivity contribution in [2.75, 3.05) is 0 Å². The van der Waals surface area contributed by atoms with E-state index in [-0.39, 0.29) is 6.04 Å². The molecule has 1 aliphatic rings. The van der Waals surface area contributed by atoms with Gasteiger partial charge in [-0.15, -0.1) is 0 Å². The predicted molar refractivity (Wildman–Crippen MR) is 61.7 cm³/mol. The molecule has 0 aromatic carbocycles. The molecule has 1 aromatic rings. The third kappa shape index (κ3) is 2.59. The molecule has 0 radical (unpaired) electrons. The average Bonchev–Trinajstić information content (AvgIpc) is 2.66. The van der Waals surface area contributed by atoms with Crippen molar-refractivity contribution in [3.8, 4) is 0 Å². The monoisotopic (exact) mass is 207 g/mol. The number of rotatable bonds is 3. The summed E-state index contributed by atoms with van der Waals surface area (Å²) in [5.74, 6) is 1.93. The highest BCUT2D eigenvalue weighted by atomic mass is 15.1. The summed E-state index contributed by atoms with van der Waals surface area (Å²) in [4.78, 5) is 4.50. The first-order valence-electron chi connectivity index (χ1n) is 6.04. The van der Waals surface area contributed by atoms with E-state index in [4.69, 9.17) is 5.73 Å². The molecule has 3 nitrogen and oxygen atoms in total. The number of aromatic nitrogens is 2. The standard InChI is InChI=1S/C12H21N3/c1-10(13)9-15-8-7-14-12(15)11-5-3-2-4-6-11/h7-8,10-11H,2-6,9,13H2,1H3. The van der Waals surface area contributed by atoms with Crippen LogP contribution in [0.5, 0.6) is 0 Å². The van der Waals surface area contributed by atoms with Crippen LogP contribution < -0.4 is 5.73 Å². The number of nitrogens with zero attached hydrogens (tertiary/aromatic N) is 2. The Labute approximate surface area is 91.7 Å². The predicted octanol–water partition coefficient (Wildman–Crippen LogP) is 2.28. The van der Waals surface area contributed by atoms with Crippen LogP contribution in [0, 0.1) is 0 Å². The molecule has 1 aromatic heterocycles. The summed E-state index contributed by atoms with van der Waals surface area (Å²) in [7, 11) is 0. The average molecular weight is 207 g/mol. The van der Waals surface area contributed by atoms with Crippen LogP contribution in [0.4, 0.5) is 0 Å². The van der Waals surface area contributed by atoms with Gasteiger partial charge in [-0.25, -0.2) is 4.98 Å². The molecule has 1 aliphatic carbocycles. The third-order valence-corrected chi connectivity index (χ3v) is 3.20. The molecule has 2 rings (SSSR count). The Hall–Kier alpha value is -0.830. The lowest BCUT2D eigenvalue weighted by Crippen LogP contribution is -2.24. The maximum Gasteiger partial charge on any atom is 0.111 e. The van der Waals surface area contributed by atoms with E-state index in [9.17, 15) is 0 Å². The minimum atomic E-state index is 0.210. The van der Waals surface area contributed by atoms with E-state index < -0.39 is 0 Å². The number of imidazole rings is 1. The van der Waals surface area contributed by atoms with Crippen molar-refractivity contribution in [3.63, 3.8) is 0 Å². The SMILES string of the molecule is CC(N)Cn1ccnc1C1CCCCC1. The Morgan fingerprint density at radius 3 is 2.87 bits per heavy atom. The lowest BCUT2D eigenvalue weighted by Gasteiger charge is -2.22. The summed E-state index contributed by atoms with van der Waals surface area (Å²) < 4.78 is 2.24. The lowest BCUT2D eigenvalue weighted by molar-refractivity contribution is 0.410. The van der Waals surface area contributed by atoms with Gasteiger partial charge in [-0.2, -0.15) is 0 Å². The Morgan fingerprint density at radius 1 is 1.47 bits per heavy atom. The second kappa shape index (κ2) is 4.79. The number of hydrogen-bond donors (Lipinski definition) is 1. The zero-order chi connectivity index (χ0) is 10.7. The van der Waals surface area contributed by atoms with E-state index >= 15 is 0 Å². The van der Waals surface area contributed by atoms with Crippen LogP contribution in [0.25, 0.3) is 0 Å². The fourth-order valence-corrected chi connectivity index (χ4v) is 2.51. The van der Waals surface area contributed by atoms with Crippen LogP contribution >= 0.6 is 0 Å². The summed E-state index contributed by atoms with van der Waals surface area (Å²) in [6, 6.07) is 0.210. The molecule has 0 bridgehead atoms. The maximum atomic E-state index is 5.83. The van der Waals surface area contributed by atoms with E-state index in [0.29, 0.717) is 5.92 Å². The van der Waals surface area contributed by atoms with Gasteiger partial charge in [0.1, 0.15) is 5.82 Å². The summed E-state index contributed by atoms with van der Waals surface area (Å²) in [6.07, 6.45) is 10.7. The normalized spacial score (nSPS) is 20.4. The fourth-order valence-electron chi connectivity index (χ4n) is 2.51. The van der Waals surface area contributed by atoms with E-state index in [2.05, 4.69) is 15.7 Å². The van der Waals surface area contributed by atoms with Crippen molar-refractivity contribution < 1.29 is 0 Å². The fraction of sp³-hybridized carbons (Fsp3) is 0.750. The largest absolute Gasteiger partial charge is 0.333 e. The third-order valence-electron chi connectivity index (χ3n) is 3.20. The summed E-state index contributed by atoms with van der Waals surface area (Å²) >= 11 is 0. The highest BCUT2D eigenvalue weighted by molar-refractivity contribution is 5.02. The second-order valence-corrected chi connectivity index (χ2v) is 4.75. The molecular formula is C12H21N3. The minimum Gasteiger partial charge on any atom is -0.333 e. The van der Waals surface area contributed by atoms with Gasteiger partial charge in [-0.1, -0.05) is 19.3 Å². The van der Waals surface area contributed by atoms with Gasteiger partial charge in [0, 0.05) is 30.9 Å². The molecule has 0 saturated heterocycles. The molecule has 1 atom stereocenters. The molecule has 3 heteroatoms. The Balaban J connectivity index is 2.09. The van der Waals surface area contributed by atoms with Gasteiger partial charge in [0.15, 0.2) is 0 Å². The molecule has 1 saturated carbocycles. The lowest BCUT2D eigenvalue weighted by atomic mass is 9.88. The zero-order valence-electron chi connectivity index (χ0n) is 9.52. The first-order chi connectivity index (χ1) is 7.27. The van der Waals surface area contributed by atoms with Crippen molar-refractivity contribution in [3.05, 3.63) is 18.2 Å². The molecular weight excluding hydrogens is 186 g/mol. The summed E-state index contributed by atoms with van der Waals surface area (Å²) in [5.41, 5.74) is 5.83. The van der Waals surface area contributed by atoms with Crippen molar-refractivity contribution in [2.24, 2.45) is 5.73 Å². The van der Waals surface area contributed by atoms with Crippen LogP contribution in [0.3, 0.4) is 0 Å². The van der Waals surface area contributed by atoms with Crippen molar-refractivity contribution >= 4 is 0 Å². The van der Waals surface area contributed by atoms with Gasteiger partial charge in [-0.3, -0.25) is 0 Å². The molecule has 1 fully saturated rings. The van der Waals surface area contributed by atoms with E-state index in [1.165, 1.54) is 37.9 Å². The van der Waals surface area contributed by atoms with Gasteiger partial charge in [0.2, 0.25) is 0 Å². The molecule has 2 N–H and O–H groups in total. The van der Waals surface area contributed by atoms with Crippen molar-refractivity contribution in [1.82, 2.24) is 9.55 Å². The smallest absolute Gasteiger partial charge is 0.111 e. The topological polar surface area (TPSA) is 43.8 Å². The molecule has 0 spiro atoms. The van der Waals surface area contributed by atoms with Gasteiger partial charge in [0.05, 0.1) is 0 Å². The van der Waals surface area contributed by atoms with Crippen LogP contribution in [0.2, 0.25) is 0 Å². The van der Waals surface area contributed by atoms with Crippen LogP contribution in [-0.4, -0.2) is 15.6 Å². The van der Waals surface area contributed by atoms with Gasteiger partial charge < -0.3 is 10.3 Å². The van der Waals surface area contributed by atoms with Crippen LogP contribution in [0.15, 0.2) is 12.4 Å². The highest BCUT2D eigenvalue weighted by Gasteiger charge is 2.19. The van der Waals surface area contributed by atoms with Crippen molar-refractivity contribution in [1.29, 1.82) is 0 Å². The number of hydrogen-bond acceptors (Lipinski definition) is 2. The van der Waals surface area contributed by atoms with Crippen LogP contribution in [-0.2, 0) is 6.54 Å². The summed E-state index contributed by atoms with van der Waals surface area (Å²) in [5, 5.41) is 0. The molecule has 1 unspecified atom stereocenters. The van der Waals surface area contributed by atoms with Crippen molar-refractivity contribution in [2.45, 2.75) is 57.5 Å². The van der Waals surface area contributed by atoms with E-state index in [1.54, 1.807) is 0 Å². The molecule has 0 aliphatic heterocycles. The van der Waals surface area contributed by atoms with Gasteiger partial charge in [-0.05, 0) is 19.8 Å². The van der Waals surface area contributed by atoms with E-state index in [0.717, 1.165) is 6.54 Å². The first kappa shape index (κ1) is 10.7. The minimum absolute atomic E-state index is 0.210. The Morgan fingerprint density at radius 2 is 2.20 bits per heavy atom. The molecule has 0 amide bonds. The van der Waals surface area contributed by atoms with Gasteiger partial charge >= 0.3 is 0 Å². The maximum absolute atomic E-state index is 5.83. The molecule has 15 heavy (non-hydrogen) atoms. The van der Waals surface area contributed by atoms with Crippen LogP contribution in [0.1, 0.15) is 50.8 Å². The Kier molecular flexibility index (Phi) is 3.41. The zero-order valence-corrected chi connectivity index (χ0v) is 9.52. The number of nitrogens with two attached hydrogens (primary N) is 1. The molecule has 1 heterocycles. The quantitative estimate of drug-likeness (QED) is 0.826. The second-order valence-electron chi connectivity index (χ2n) is 4.75. The first-order valence-corrected chi connectivity index (χ1v) is 6.04. The molecule has 84 valence electrons.